The maximum Gasteiger partial charge on any atom is 0.411 e. The Balaban J connectivity index is 2.34. The van der Waals surface area contributed by atoms with Crippen molar-refractivity contribution < 1.29 is 33.6 Å². The van der Waals surface area contributed by atoms with Crippen LogP contribution in [0.15, 0.2) is 10.9 Å². The van der Waals surface area contributed by atoms with Crippen LogP contribution in [0, 0.1) is 0 Å². The van der Waals surface area contributed by atoms with Crippen molar-refractivity contribution in [2.24, 2.45) is 0 Å². The number of anilines is 1. The molecule has 144 valence electrons. The van der Waals surface area contributed by atoms with Gasteiger partial charge in [-0.3, -0.25) is 19.5 Å². The highest BCUT2D eigenvalue weighted by molar-refractivity contribution is 5.86. The number of aliphatic carboxylic acids is 1. The second-order valence-electron chi connectivity index (χ2n) is 5.59. The molecule has 1 aliphatic rings. The van der Waals surface area contributed by atoms with Crippen molar-refractivity contribution >= 4 is 17.7 Å². The molecule has 0 bridgehead atoms. The van der Waals surface area contributed by atoms with Crippen LogP contribution in [0.1, 0.15) is 25.0 Å². The lowest BCUT2D eigenvalue weighted by Crippen LogP contribution is -2.32. The molecule has 0 aromatic carbocycles. The summed E-state index contributed by atoms with van der Waals surface area (Å²) >= 11 is 0. The van der Waals surface area contributed by atoms with Gasteiger partial charge in [0.25, 0.3) is 5.56 Å². The van der Waals surface area contributed by atoms with Crippen LogP contribution in [0.3, 0.4) is 0 Å². The summed E-state index contributed by atoms with van der Waals surface area (Å²) in [5, 5.41) is 11.4. The highest BCUT2D eigenvalue weighted by Gasteiger charge is 2.21. The summed E-state index contributed by atoms with van der Waals surface area (Å²) < 4.78 is 21.7. The number of hydrogen-bond acceptors (Lipinski definition) is 7. The Hall–Kier alpha value is -2.59. The third-order valence-electron chi connectivity index (χ3n) is 3.83. The topological polar surface area (TPSA) is 125 Å². The molecule has 10 nitrogen and oxygen atoms in total. The number of carboxylic acids is 1. The molecular weight excluding hydrogens is 348 g/mol. The predicted molar refractivity (Wildman–Crippen MR) is 89.3 cm³/mol. The van der Waals surface area contributed by atoms with Gasteiger partial charge in [0.05, 0.1) is 26.5 Å². The van der Waals surface area contributed by atoms with Crippen molar-refractivity contribution in [1.82, 2.24) is 4.57 Å². The molecule has 1 atom stereocenters. The van der Waals surface area contributed by atoms with Crippen LogP contribution in [0.5, 0.6) is 5.75 Å². The summed E-state index contributed by atoms with van der Waals surface area (Å²) in [6.07, 6.45) is 1.38. The summed E-state index contributed by atoms with van der Waals surface area (Å²) in [6.45, 7) is -0.0388. The van der Waals surface area contributed by atoms with Gasteiger partial charge < -0.3 is 24.1 Å². The minimum Gasteiger partial charge on any atom is -0.494 e. The fourth-order valence-electron chi connectivity index (χ4n) is 2.55. The first-order valence-electron chi connectivity index (χ1n) is 8.07. The standard InChI is InChI=1S/C16H22N2O8/c1-23-11-7-10(9-26-13-5-3-4-6-25-13)18(8-12(19)20)15(21)14(11)17-16(22)24-2/h7,13H,3-6,8-9H2,1-2H3,(H,17,22)(H,19,20). The minimum absolute atomic E-state index is 0.0396. The summed E-state index contributed by atoms with van der Waals surface area (Å²) in [5.41, 5.74) is -0.655. The molecule has 10 heteroatoms. The first kappa shape index (κ1) is 19.7. The van der Waals surface area contributed by atoms with Crippen LogP contribution in [-0.2, 0) is 32.2 Å². The number of amides is 1. The van der Waals surface area contributed by atoms with Crippen molar-refractivity contribution in [2.45, 2.75) is 38.7 Å². The number of nitrogens with zero attached hydrogens (tertiary/aromatic N) is 1. The molecule has 0 radical (unpaired) electrons. The lowest BCUT2D eigenvalue weighted by molar-refractivity contribution is -0.170. The highest BCUT2D eigenvalue weighted by atomic mass is 16.7. The second kappa shape index (κ2) is 9.20. The zero-order chi connectivity index (χ0) is 19.1. The molecule has 2 rings (SSSR count). The average Bonchev–Trinajstić information content (AvgIpc) is 2.64. The van der Waals surface area contributed by atoms with Gasteiger partial charge in [-0.1, -0.05) is 0 Å². The monoisotopic (exact) mass is 370 g/mol. The van der Waals surface area contributed by atoms with E-state index in [2.05, 4.69) is 10.1 Å². The van der Waals surface area contributed by atoms with Gasteiger partial charge in [0, 0.05) is 12.7 Å². The number of hydrogen-bond donors (Lipinski definition) is 2. The van der Waals surface area contributed by atoms with Gasteiger partial charge in [0.2, 0.25) is 0 Å². The van der Waals surface area contributed by atoms with E-state index in [-0.39, 0.29) is 18.0 Å². The molecule has 0 aliphatic carbocycles. The van der Waals surface area contributed by atoms with E-state index >= 15 is 0 Å². The average molecular weight is 370 g/mol. The van der Waals surface area contributed by atoms with E-state index in [1.54, 1.807) is 0 Å². The number of methoxy groups -OCH3 is 2. The van der Waals surface area contributed by atoms with Gasteiger partial charge in [-0.05, 0) is 19.3 Å². The van der Waals surface area contributed by atoms with Crippen molar-refractivity contribution in [3.63, 3.8) is 0 Å². The molecule has 1 aromatic rings. The largest absolute Gasteiger partial charge is 0.494 e. The first-order valence-corrected chi connectivity index (χ1v) is 8.07. The predicted octanol–water partition coefficient (Wildman–Crippen LogP) is 1.16. The Morgan fingerprint density at radius 2 is 2.15 bits per heavy atom. The van der Waals surface area contributed by atoms with Gasteiger partial charge in [-0.15, -0.1) is 0 Å². The number of aromatic nitrogens is 1. The molecule has 0 spiro atoms. The quantitative estimate of drug-likeness (QED) is 0.732. The van der Waals surface area contributed by atoms with Crippen molar-refractivity contribution in [3.05, 3.63) is 22.1 Å². The third kappa shape index (κ3) is 4.96. The Kier molecular flexibility index (Phi) is 6.98. The van der Waals surface area contributed by atoms with Gasteiger partial charge in [0.15, 0.2) is 12.0 Å². The van der Waals surface area contributed by atoms with E-state index in [0.29, 0.717) is 12.3 Å². The minimum atomic E-state index is -1.21. The summed E-state index contributed by atoms with van der Waals surface area (Å²) in [4.78, 5) is 35.3. The third-order valence-corrected chi connectivity index (χ3v) is 3.83. The molecule has 1 amide bonds. The molecule has 1 unspecified atom stereocenters. The van der Waals surface area contributed by atoms with Crippen molar-refractivity contribution in [3.8, 4) is 5.75 Å². The SMILES string of the molecule is COC(=O)Nc1c(OC)cc(COC2CCCCO2)n(CC(=O)O)c1=O. The maximum atomic E-state index is 12.7. The number of rotatable bonds is 7. The van der Waals surface area contributed by atoms with E-state index in [4.69, 9.17) is 19.3 Å². The number of carboxylic acid groups (broad SMARTS) is 1. The van der Waals surface area contributed by atoms with Crippen LogP contribution in [0.25, 0.3) is 0 Å². The summed E-state index contributed by atoms with van der Waals surface area (Å²) in [6, 6.07) is 1.44. The molecule has 2 N–H and O–H groups in total. The summed E-state index contributed by atoms with van der Waals surface area (Å²) in [7, 11) is 2.47. The van der Waals surface area contributed by atoms with E-state index < -0.39 is 30.5 Å². The number of carbonyl (C=O) groups excluding carboxylic acids is 1. The lowest BCUT2D eigenvalue weighted by Gasteiger charge is -2.24. The lowest BCUT2D eigenvalue weighted by atomic mass is 10.2. The van der Waals surface area contributed by atoms with Crippen LogP contribution in [0.4, 0.5) is 10.5 Å². The Bertz CT molecular complexity index is 709. The Morgan fingerprint density at radius 3 is 2.73 bits per heavy atom. The second-order valence-corrected chi connectivity index (χ2v) is 5.59. The number of pyridine rings is 1. The van der Waals surface area contributed by atoms with E-state index in [0.717, 1.165) is 30.9 Å². The maximum absolute atomic E-state index is 12.7. The molecule has 2 heterocycles. The fourth-order valence-corrected chi connectivity index (χ4v) is 2.55. The molecule has 1 fully saturated rings. The van der Waals surface area contributed by atoms with E-state index in [9.17, 15) is 14.4 Å². The summed E-state index contributed by atoms with van der Waals surface area (Å²) in [5.74, 6) is -1.14. The van der Waals surface area contributed by atoms with Crippen molar-refractivity contribution in [2.75, 3.05) is 26.1 Å². The molecular formula is C16H22N2O8. The van der Waals surface area contributed by atoms with Gasteiger partial charge in [-0.25, -0.2) is 4.79 Å². The Labute approximate surface area is 149 Å². The molecule has 1 saturated heterocycles. The van der Waals surface area contributed by atoms with Crippen LogP contribution in [-0.4, -0.2) is 48.9 Å². The fraction of sp³-hybridized carbons (Fsp3) is 0.562. The Morgan fingerprint density at radius 1 is 1.38 bits per heavy atom. The van der Waals surface area contributed by atoms with E-state index in [1.807, 2.05) is 0 Å². The van der Waals surface area contributed by atoms with Crippen LogP contribution >= 0.6 is 0 Å². The zero-order valence-corrected chi connectivity index (χ0v) is 14.6. The molecule has 1 aliphatic heterocycles. The number of carbonyl (C=O) groups is 2. The van der Waals surface area contributed by atoms with E-state index in [1.165, 1.54) is 13.2 Å². The smallest absolute Gasteiger partial charge is 0.411 e. The van der Waals surface area contributed by atoms with Crippen LogP contribution < -0.4 is 15.6 Å². The molecule has 1 aromatic heterocycles. The van der Waals surface area contributed by atoms with Gasteiger partial charge in [-0.2, -0.15) is 0 Å². The molecule has 26 heavy (non-hydrogen) atoms. The highest BCUT2D eigenvalue weighted by Crippen LogP contribution is 2.23. The number of ether oxygens (including phenoxy) is 4. The first-order chi connectivity index (χ1) is 12.5. The number of nitrogens with one attached hydrogen (secondary N) is 1. The van der Waals surface area contributed by atoms with Gasteiger partial charge in [0.1, 0.15) is 12.3 Å². The normalized spacial score (nSPS) is 16.8. The van der Waals surface area contributed by atoms with Crippen LogP contribution in [0.2, 0.25) is 0 Å². The van der Waals surface area contributed by atoms with Crippen molar-refractivity contribution in [1.29, 1.82) is 0 Å². The van der Waals surface area contributed by atoms with Gasteiger partial charge >= 0.3 is 12.1 Å². The zero-order valence-electron chi connectivity index (χ0n) is 14.6. The molecule has 0 saturated carbocycles.